The lowest BCUT2D eigenvalue weighted by atomic mass is 10.0. The van der Waals surface area contributed by atoms with Gasteiger partial charge in [0, 0.05) is 7.34 Å². The second kappa shape index (κ2) is 10.5. The van der Waals surface area contributed by atoms with Crippen molar-refractivity contribution in [2.75, 3.05) is 0 Å². The van der Waals surface area contributed by atoms with Crippen molar-refractivity contribution in [1.82, 2.24) is 0 Å². The number of hydrogen-bond acceptors (Lipinski definition) is 1. The Hall–Kier alpha value is -0.530. The van der Waals surface area contributed by atoms with Crippen molar-refractivity contribution < 1.29 is 6.22 Å². The minimum absolute atomic E-state index is 0. The standard InChI is InChI=1S/C8H17NO.C2H6.H2/c1-3-4-5-6-7(2)8(9)10;1-2;/h7H,3-6H2,1-2H3,(H2,9,10);1-2H3;1H/t7-;;/m0../s1. The molecule has 1 amide bonds. The molecule has 0 saturated carbocycles. The van der Waals surface area contributed by atoms with Gasteiger partial charge in [-0.15, -0.1) is 0 Å². The maximum absolute atomic E-state index is 10.5. The molecular formula is C10H25NO. The van der Waals surface area contributed by atoms with Gasteiger partial charge in [-0.2, -0.15) is 0 Å². The zero-order valence-electron chi connectivity index (χ0n) is 8.89. The fraction of sp³-hybridized carbons (Fsp3) is 0.900. The number of hydrogen-bond donors (Lipinski definition) is 1. The van der Waals surface area contributed by atoms with Crippen LogP contribution in [0.3, 0.4) is 0 Å². The Balaban J connectivity index is -0.000000309. The Morgan fingerprint density at radius 3 is 2.25 bits per heavy atom. The molecule has 0 unspecified atom stereocenters. The van der Waals surface area contributed by atoms with Crippen molar-refractivity contribution in [2.24, 2.45) is 11.7 Å². The van der Waals surface area contributed by atoms with Gasteiger partial charge in [0.25, 0.3) is 0 Å². The lowest BCUT2D eigenvalue weighted by Gasteiger charge is -2.04. The average Bonchev–Trinajstić information content (AvgIpc) is 2.08. The predicted octanol–water partition coefficient (Wildman–Crippen LogP) is 2.96. The monoisotopic (exact) mass is 175 g/mol. The zero-order chi connectivity index (χ0) is 9.98. The molecule has 0 aliphatic heterocycles. The van der Waals surface area contributed by atoms with Crippen LogP contribution in [-0.2, 0) is 4.79 Å². The summed E-state index contributed by atoms with van der Waals surface area (Å²) in [7, 11) is 0. The van der Waals surface area contributed by atoms with E-state index in [0.29, 0.717) is 0 Å². The molecule has 0 fully saturated rings. The van der Waals surface area contributed by atoms with Crippen molar-refractivity contribution in [3.8, 4) is 0 Å². The number of primary amides is 1. The van der Waals surface area contributed by atoms with Gasteiger partial charge in [0.1, 0.15) is 0 Å². The van der Waals surface area contributed by atoms with Gasteiger partial charge in [-0.3, -0.25) is 4.79 Å². The van der Waals surface area contributed by atoms with Crippen molar-refractivity contribution in [2.45, 2.75) is 53.4 Å². The van der Waals surface area contributed by atoms with Gasteiger partial charge in [-0.05, 0) is 6.42 Å². The molecule has 2 N–H and O–H groups in total. The van der Waals surface area contributed by atoms with E-state index < -0.39 is 0 Å². The van der Waals surface area contributed by atoms with Crippen molar-refractivity contribution in [3.05, 3.63) is 0 Å². The highest BCUT2D eigenvalue weighted by atomic mass is 16.1. The number of amides is 1. The number of rotatable bonds is 5. The second-order valence-corrected chi connectivity index (χ2v) is 2.80. The number of unbranched alkanes of at least 4 members (excludes halogenated alkanes) is 2. The van der Waals surface area contributed by atoms with Crippen LogP contribution in [0.15, 0.2) is 0 Å². The minimum atomic E-state index is -0.170. The fourth-order valence-corrected chi connectivity index (χ4v) is 0.843. The van der Waals surface area contributed by atoms with E-state index in [1.807, 2.05) is 20.8 Å². The summed E-state index contributed by atoms with van der Waals surface area (Å²) in [6, 6.07) is 0. The molecule has 0 radical (unpaired) electrons. The first kappa shape index (κ1) is 14.0. The summed E-state index contributed by atoms with van der Waals surface area (Å²) in [5.74, 6) is -0.109. The fourth-order valence-electron chi connectivity index (χ4n) is 0.843. The third-order valence-electron chi connectivity index (χ3n) is 1.73. The molecule has 0 heterocycles. The Labute approximate surface area is 78.0 Å². The Kier molecular flexibility index (Phi) is 12.2. The molecule has 1 atom stereocenters. The largest absolute Gasteiger partial charge is 0.369 e. The molecule has 0 spiro atoms. The van der Waals surface area contributed by atoms with Crippen LogP contribution in [0.25, 0.3) is 0 Å². The van der Waals surface area contributed by atoms with Gasteiger partial charge >= 0.3 is 0 Å². The highest BCUT2D eigenvalue weighted by molar-refractivity contribution is 5.76. The molecular weight excluding hydrogens is 150 g/mol. The Morgan fingerprint density at radius 2 is 1.92 bits per heavy atom. The van der Waals surface area contributed by atoms with E-state index in [0.717, 1.165) is 12.8 Å². The molecule has 12 heavy (non-hydrogen) atoms. The van der Waals surface area contributed by atoms with Crippen LogP contribution >= 0.6 is 0 Å². The van der Waals surface area contributed by atoms with Crippen LogP contribution < -0.4 is 5.73 Å². The first-order valence-corrected chi connectivity index (χ1v) is 4.97. The van der Waals surface area contributed by atoms with E-state index in [9.17, 15) is 4.79 Å². The van der Waals surface area contributed by atoms with Gasteiger partial charge in [-0.1, -0.05) is 47.0 Å². The molecule has 0 aromatic heterocycles. The molecule has 2 heteroatoms. The molecule has 76 valence electrons. The second-order valence-electron chi connectivity index (χ2n) is 2.80. The molecule has 0 bridgehead atoms. The summed E-state index contributed by atoms with van der Waals surface area (Å²) in [6.07, 6.45) is 4.48. The molecule has 0 aromatic rings. The summed E-state index contributed by atoms with van der Waals surface area (Å²) >= 11 is 0. The first-order chi connectivity index (χ1) is 5.68. The van der Waals surface area contributed by atoms with Crippen LogP contribution in [0.4, 0.5) is 0 Å². The van der Waals surface area contributed by atoms with Crippen LogP contribution in [0.2, 0.25) is 0 Å². The van der Waals surface area contributed by atoms with Crippen molar-refractivity contribution >= 4 is 5.91 Å². The van der Waals surface area contributed by atoms with Crippen molar-refractivity contribution in [3.63, 3.8) is 0 Å². The first-order valence-electron chi connectivity index (χ1n) is 4.97. The smallest absolute Gasteiger partial charge is 0.220 e. The van der Waals surface area contributed by atoms with E-state index in [1.54, 1.807) is 0 Å². The Morgan fingerprint density at radius 1 is 1.42 bits per heavy atom. The van der Waals surface area contributed by atoms with E-state index in [2.05, 4.69) is 6.92 Å². The minimum Gasteiger partial charge on any atom is -0.369 e. The number of carbonyl (C=O) groups is 1. The quantitative estimate of drug-likeness (QED) is 0.641. The third-order valence-corrected chi connectivity index (χ3v) is 1.73. The molecule has 0 saturated heterocycles. The SMILES string of the molecule is CC.CCCCC[C@H](C)C(N)=O.[HH]. The topological polar surface area (TPSA) is 43.1 Å². The maximum atomic E-state index is 10.5. The molecule has 0 rings (SSSR count). The predicted molar refractivity (Wildman–Crippen MR) is 56.0 cm³/mol. The van der Waals surface area contributed by atoms with Gasteiger partial charge in [0.2, 0.25) is 5.91 Å². The molecule has 0 aromatic carbocycles. The van der Waals surface area contributed by atoms with Crippen LogP contribution in [0, 0.1) is 5.92 Å². The van der Waals surface area contributed by atoms with Gasteiger partial charge in [-0.25, -0.2) is 0 Å². The highest BCUT2D eigenvalue weighted by Gasteiger charge is 2.06. The lowest BCUT2D eigenvalue weighted by Crippen LogP contribution is -2.20. The summed E-state index contributed by atoms with van der Waals surface area (Å²) in [5.41, 5.74) is 5.08. The highest BCUT2D eigenvalue weighted by Crippen LogP contribution is 2.07. The lowest BCUT2D eigenvalue weighted by molar-refractivity contribution is -0.121. The van der Waals surface area contributed by atoms with E-state index >= 15 is 0 Å². The van der Waals surface area contributed by atoms with E-state index in [-0.39, 0.29) is 13.3 Å². The Bertz CT molecular complexity index is 107. The molecule has 0 aliphatic rings. The van der Waals surface area contributed by atoms with Gasteiger partial charge < -0.3 is 5.73 Å². The van der Waals surface area contributed by atoms with Gasteiger partial charge in [0.15, 0.2) is 0 Å². The maximum Gasteiger partial charge on any atom is 0.220 e. The number of nitrogens with two attached hydrogens (primary N) is 1. The summed E-state index contributed by atoms with van der Waals surface area (Å²) < 4.78 is 0. The average molecular weight is 175 g/mol. The van der Waals surface area contributed by atoms with Crippen LogP contribution in [0.1, 0.15) is 54.8 Å². The van der Waals surface area contributed by atoms with Crippen LogP contribution in [-0.4, -0.2) is 5.91 Å². The zero-order valence-corrected chi connectivity index (χ0v) is 8.89. The van der Waals surface area contributed by atoms with E-state index in [1.165, 1.54) is 12.8 Å². The van der Waals surface area contributed by atoms with Crippen LogP contribution in [0.5, 0.6) is 0 Å². The van der Waals surface area contributed by atoms with Crippen molar-refractivity contribution in [1.29, 1.82) is 0 Å². The molecule has 2 nitrogen and oxygen atoms in total. The summed E-state index contributed by atoms with van der Waals surface area (Å²) in [4.78, 5) is 10.5. The third kappa shape index (κ3) is 9.47. The van der Waals surface area contributed by atoms with Gasteiger partial charge in [0.05, 0.1) is 0 Å². The molecule has 0 aliphatic carbocycles. The summed E-state index contributed by atoms with van der Waals surface area (Å²) in [5, 5.41) is 0. The number of carbonyl (C=O) groups excluding carboxylic acids is 1. The summed E-state index contributed by atoms with van der Waals surface area (Å²) in [6.45, 7) is 8.03. The normalized spacial score (nSPS) is 11.3. The van der Waals surface area contributed by atoms with E-state index in [4.69, 9.17) is 5.73 Å².